The van der Waals surface area contributed by atoms with E-state index in [-0.39, 0.29) is 35.3 Å². The highest BCUT2D eigenvalue weighted by molar-refractivity contribution is 7.91. The van der Waals surface area contributed by atoms with E-state index in [0.29, 0.717) is 19.3 Å². The average Bonchev–Trinajstić information content (AvgIpc) is 2.79. The first kappa shape index (κ1) is 15.3. The van der Waals surface area contributed by atoms with Crippen LogP contribution >= 0.6 is 0 Å². The number of ether oxygens (including phenoxy) is 1. The molecule has 1 aliphatic carbocycles. The molecule has 1 amide bonds. The molecule has 6 nitrogen and oxygen atoms in total. The van der Waals surface area contributed by atoms with Gasteiger partial charge in [0.25, 0.3) is 0 Å². The average molecular weight is 303 g/mol. The van der Waals surface area contributed by atoms with Gasteiger partial charge >= 0.3 is 5.97 Å². The zero-order valence-corrected chi connectivity index (χ0v) is 12.4. The van der Waals surface area contributed by atoms with Crippen LogP contribution in [0.5, 0.6) is 0 Å². The van der Waals surface area contributed by atoms with Gasteiger partial charge in [0, 0.05) is 6.04 Å². The first-order valence-electron chi connectivity index (χ1n) is 7.00. The quantitative estimate of drug-likeness (QED) is 0.756. The summed E-state index contributed by atoms with van der Waals surface area (Å²) in [6.07, 6.45) is 3.32. The standard InChI is InChI=1S/C13H21NO5S/c1-19-13(16)9-2-4-11(5-3-9)14-12(15)10-6-7-20(17,18)8-10/h9-11H,2-8H2,1H3,(H,14,15). The fourth-order valence-corrected chi connectivity index (χ4v) is 4.70. The Hall–Kier alpha value is -1.11. The summed E-state index contributed by atoms with van der Waals surface area (Å²) in [5.41, 5.74) is 0. The van der Waals surface area contributed by atoms with E-state index in [1.165, 1.54) is 7.11 Å². The third-order valence-electron chi connectivity index (χ3n) is 4.21. The van der Waals surface area contributed by atoms with Crippen LogP contribution in [-0.4, -0.2) is 45.0 Å². The predicted octanol–water partition coefficient (Wildman–Crippen LogP) is 0.269. The number of carbonyl (C=O) groups excluding carboxylic acids is 2. The zero-order chi connectivity index (χ0) is 14.8. The lowest BCUT2D eigenvalue weighted by atomic mass is 9.86. The number of nitrogens with one attached hydrogen (secondary N) is 1. The maximum atomic E-state index is 12.0. The number of carbonyl (C=O) groups is 2. The molecule has 0 aromatic heterocycles. The number of amides is 1. The molecule has 1 atom stereocenters. The Labute approximate surface area is 119 Å². The second-order valence-corrected chi connectivity index (χ2v) is 7.91. The van der Waals surface area contributed by atoms with Gasteiger partial charge in [-0.05, 0) is 32.1 Å². The third kappa shape index (κ3) is 3.71. The van der Waals surface area contributed by atoms with Gasteiger partial charge in [-0.3, -0.25) is 9.59 Å². The Morgan fingerprint density at radius 2 is 1.70 bits per heavy atom. The predicted molar refractivity (Wildman–Crippen MR) is 72.7 cm³/mol. The van der Waals surface area contributed by atoms with Crippen LogP contribution in [0.2, 0.25) is 0 Å². The highest BCUT2D eigenvalue weighted by Crippen LogP contribution is 2.26. The Balaban J connectivity index is 1.78. The van der Waals surface area contributed by atoms with E-state index in [1.54, 1.807) is 0 Å². The first-order chi connectivity index (χ1) is 9.41. The molecule has 0 aromatic rings. The summed E-state index contributed by atoms with van der Waals surface area (Å²) < 4.78 is 27.4. The van der Waals surface area contributed by atoms with Crippen molar-refractivity contribution in [2.75, 3.05) is 18.6 Å². The molecule has 7 heteroatoms. The van der Waals surface area contributed by atoms with E-state index < -0.39 is 15.8 Å². The van der Waals surface area contributed by atoms with Crippen molar-refractivity contribution >= 4 is 21.7 Å². The van der Waals surface area contributed by atoms with Crippen molar-refractivity contribution < 1.29 is 22.7 Å². The molecule has 0 spiro atoms. The molecular weight excluding hydrogens is 282 g/mol. The van der Waals surface area contributed by atoms with Crippen LogP contribution in [0.4, 0.5) is 0 Å². The third-order valence-corrected chi connectivity index (χ3v) is 5.98. The Bertz CT molecular complexity index is 479. The summed E-state index contributed by atoms with van der Waals surface area (Å²) in [6, 6.07) is 0.0479. The molecule has 114 valence electrons. The van der Waals surface area contributed by atoms with Crippen molar-refractivity contribution in [3.05, 3.63) is 0 Å². The number of methoxy groups -OCH3 is 1. The molecule has 0 radical (unpaired) electrons. The monoisotopic (exact) mass is 303 g/mol. The minimum Gasteiger partial charge on any atom is -0.469 e. The van der Waals surface area contributed by atoms with Crippen molar-refractivity contribution in [2.24, 2.45) is 11.8 Å². The molecule has 1 saturated heterocycles. The van der Waals surface area contributed by atoms with Crippen molar-refractivity contribution in [2.45, 2.75) is 38.1 Å². The van der Waals surface area contributed by atoms with E-state index in [9.17, 15) is 18.0 Å². The fraction of sp³-hybridized carbons (Fsp3) is 0.846. The van der Waals surface area contributed by atoms with E-state index in [4.69, 9.17) is 4.74 Å². The number of esters is 1. The topological polar surface area (TPSA) is 89.5 Å². The summed E-state index contributed by atoms with van der Waals surface area (Å²) in [5, 5.41) is 2.92. The lowest BCUT2D eigenvalue weighted by Gasteiger charge is -2.28. The number of hydrogen-bond donors (Lipinski definition) is 1. The van der Waals surface area contributed by atoms with Crippen molar-refractivity contribution in [3.63, 3.8) is 0 Å². The highest BCUT2D eigenvalue weighted by atomic mass is 32.2. The molecule has 0 aromatic carbocycles. The normalized spacial score (nSPS) is 32.5. The van der Waals surface area contributed by atoms with Crippen molar-refractivity contribution in [3.8, 4) is 0 Å². The smallest absolute Gasteiger partial charge is 0.308 e. The highest BCUT2D eigenvalue weighted by Gasteiger charge is 2.34. The molecule has 1 heterocycles. The van der Waals surface area contributed by atoms with Gasteiger partial charge in [-0.25, -0.2) is 8.42 Å². The SMILES string of the molecule is COC(=O)C1CCC(NC(=O)C2CCS(=O)(=O)C2)CC1. The van der Waals surface area contributed by atoms with Crippen molar-refractivity contribution in [1.29, 1.82) is 0 Å². The second kappa shape index (κ2) is 6.11. The molecule has 1 N–H and O–H groups in total. The maximum Gasteiger partial charge on any atom is 0.308 e. The summed E-state index contributed by atoms with van der Waals surface area (Å²) in [4.78, 5) is 23.4. The van der Waals surface area contributed by atoms with Gasteiger partial charge in [0.1, 0.15) is 0 Å². The first-order valence-corrected chi connectivity index (χ1v) is 8.82. The fourth-order valence-electron chi connectivity index (χ4n) is 2.96. The molecule has 1 saturated carbocycles. The molecule has 0 bridgehead atoms. The molecule has 20 heavy (non-hydrogen) atoms. The number of sulfone groups is 1. The second-order valence-electron chi connectivity index (χ2n) is 5.68. The molecule has 2 aliphatic rings. The van der Waals surface area contributed by atoms with E-state index in [2.05, 4.69) is 5.32 Å². The van der Waals surface area contributed by atoms with Crippen molar-refractivity contribution in [1.82, 2.24) is 5.32 Å². The van der Waals surface area contributed by atoms with Crippen LogP contribution in [0.15, 0.2) is 0 Å². The van der Waals surface area contributed by atoms with Crippen LogP contribution in [-0.2, 0) is 24.2 Å². The van der Waals surface area contributed by atoms with Gasteiger partial charge in [-0.1, -0.05) is 0 Å². The molecule has 2 fully saturated rings. The van der Waals surface area contributed by atoms with Gasteiger partial charge < -0.3 is 10.1 Å². The molecule has 1 aliphatic heterocycles. The van der Waals surface area contributed by atoms with Crippen LogP contribution in [0.25, 0.3) is 0 Å². The largest absolute Gasteiger partial charge is 0.469 e. The molecule has 1 unspecified atom stereocenters. The van der Waals surface area contributed by atoms with E-state index in [0.717, 1.165) is 12.8 Å². The summed E-state index contributed by atoms with van der Waals surface area (Å²) in [6.45, 7) is 0. The minimum atomic E-state index is -3.03. The van der Waals surface area contributed by atoms with Crippen LogP contribution in [0.1, 0.15) is 32.1 Å². The van der Waals surface area contributed by atoms with Gasteiger partial charge in [-0.2, -0.15) is 0 Å². The minimum absolute atomic E-state index is 0.0314. The van der Waals surface area contributed by atoms with Crippen LogP contribution in [0, 0.1) is 11.8 Å². The van der Waals surface area contributed by atoms with Gasteiger partial charge in [0.2, 0.25) is 5.91 Å². The summed E-state index contributed by atoms with van der Waals surface area (Å²) in [5.74, 6) is -0.737. The number of hydrogen-bond acceptors (Lipinski definition) is 5. The van der Waals surface area contributed by atoms with E-state index in [1.807, 2.05) is 0 Å². The maximum absolute atomic E-state index is 12.0. The van der Waals surface area contributed by atoms with E-state index >= 15 is 0 Å². The summed E-state index contributed by atoms with van der Waals surface area (Å²) >= 11 is 0. The zero-order valence-electron chi connectivity index (χ0n) is 11.6. The number of rotatable bonds is 3. The molecule has 2 rings (SSSR count). The van der Waals surface area contributed by atoms with Gasteiger partial charge in [-0.15, -0.1) is 0 Å². The van der Waals surface area contributed by atoms with Gasteiger partial charge in [0.15, 0.2) is 9.84 Å². The Morgan fingerprint density at radius 3 is 2.20 bits per heavy atom. The lowest BCUT2D eigenvalue weighted by Crippen LogP contribution is -2.42. The van der Waals surface area contributed by atoms with Gasteiger partial charge in [0.05, 0.1) is 30.5 Å². The lowest BCUT2D eigenvalue weighted by molar-refractivity contribution is -0.146. The van der Waals surface area contributed by atoms with Crippen LogP contribution < -0.4 is 5.32 Å². The Morgan fingerprint density at radius 1 is 1.05 bits per heavy atom. The molecular formula is C13H21NO5S. The van der Waals surface area contributed by atoms with Crippen LogP contribution in [0.3, 0.4) is 0 Å². The summed E-state index contributed by atoms with van der Waals surface area (Å²) in [7, 11) is -1.64. The Kier molecular flexibility index (Phi) is 4.67.